The molecule has 10 heteroatoms. The van der Waals surface area contributed by atoms with Gasteiger partial charge in [-0.1, -0.05) is 48.0 Å². The van der Waals surface area contributed by atoms with Gasteiger partial charge in [0.05, 0.1) is 46.5 Å². The van der Waals surface area contributed by atoms with Crippen LogP contribution in [-0.4, -0.2) is 30.1 Å². The van der Waals surface area contributed by atoms with E-state index in [4.69, 9.17) is 32.7 Å². The van der Waals surface area contributed by atoms with Crippen molar-refractivity contribution in [2.75, 3.05) is 24.9 Å². The lowest BCUT2D eigenvalue weighted by Gasteiger charge is -2.16. The molecule has 4 aromatic rings. The monoisotopic (exact) mass is 524 g/mol. The van der Waals surface area contributed by atoms with Crippen LogP contribution in [0.25, 0.3) is 22.0 Å². The van der Waals surface area contributed by atoms with Crippen molar-refractivity contribution in [2.24, 2.45) is 0 Å². The molecular formula is C26H22Cl2N4O4. The zero-order valence-corrected chi connectivity index (χ0v) is 21.2. The number of H-pyrrole nitrogens is 1. The number of ether oxygens (including phenoxy) is 2. The molecular weight excluding hydrogens is 503 g/mol. The minimum Gasteiger partial charge on any atom is -0.495 e. The zero-order valence-electron chi connectivity index (χ0n) is 19.7. The van der Waals surface area contributed by atoms with Crippen molar-refractivity contribution >= 4 is 57.3 Å². The predicted molar refractivity (Wildman–Crippen MR) is 144 cm³/mol. The topological polar surface area (TPSA) is 105 Å². The van der Waals surface area contributed by atoms with Crippen molar-refractivity contribution in [3.8, 4) is 22.6 Å². The van der Waals surface area contributed by atoms with Crippen molar-refractivity contribution in [2.45, 2.75) is 6.92 Å². The van der Waals surface area contributed by atoms with Crippen molar-refractivity contribution in [3.63, 3.8) is 0 Å². The number of nitrogens with one attached hydrogen (secondary N) is 3. The van der Waals surface area contributed by atoms with Crippen LogP contribution in [-0.2, 0) is 4.79 Å². The summed E-state index contributed by atoms with van der Waals surface area (Å²) < 4.78 is 10.7. The number of para-hydroxylation sites is 1. The quantitative estimate of drug-likeness (QED) is 0.252. The molecule has 0 spiro atoms. The minimum absolute atomic E-state index is 0.211. The Hall–Kier alpha value is -4.01. The molecule has 0 aliphatic heterocycles. The maximum absolute atomic E-state index is 13.0. The van der Waals surface area contributed by atoms with Crippen molar-refractivity contribution < 1.29 is 14.3 Å². The van der Waals surface area contributed by atoms with Crippen LogP contribution in [0.3, 0.4) is 0 Å². The number of hydrogen-bond acceptors (Lipinski definition) is 6. The first-order valence-corrected chi connectivity index (χ1v) is 11.5. The normalized spacial score (nSPS) is 10.7. The number of aromatic amines is 1. The van der Waals surface area contributed by atoms with Gasteiger partial charge in [0.1, 0.15) is 11.5 Å². The van der Waals surface area contributed by atoms with E-state index in [0.717, 1.165) is 5.56 Å². The average molecular weight is 525 g/mol. The Bertz CT molecular complexity index is 1540. The first-order valence-electron chi connectivity index (χ1n) is 10.7. The molecule has 0 atom stereocenters. The molecule has 0 radical (unpaired) electrons. The summed E-state index contributed by atoms with van der Waals surface area (Å²) in [5.41, 5.74) is 3.08. The maximum atomic E-state index is 13.0. The van der Waals surface area contributed by atoms with E-state index >= 15 is 0 Å². The summed E-state index contributed by atoms with van der Waals surface area (Å²) in [6.45, 7) is 5.34. The number of carbonyl (C=O) groups is 1. The van der Waals surface area contributed by atoms with Crippen molar-refractivity contribution in [3.05, 3.63) is 81.1 Å². The number of rotatable bonds is 7. The fraction of sp³-hybridized carbons (Fsp3) is 0.115. The van der Waals surface area contributed by atoms with E-state index in [-0.39, 0.29) is 17.4 Å². The van der Waals surface area contributed by atoms with Gasteiger partial charge in [0, 0.05) is 11.6 Å². The number of anilines is 3. The Kier molecular flexibility index (Phi) is 7.19. The molecule has 1 amide bonds. The Morgan fingerprint density at radius 1 is 1.08 bits per heavy atom. The lowest BCUT2D eigenvalue weighted by molar-refractivity contribution is -0.111. The fourth-order valence-corrected chi connectivity index (χ4v) is 4.45. The Balaban J connectivity index is 1.79. The highest BCUT2D eigenvalue weighted by Crippen LogP contribution is 2.46. The number of hydrogen-bond donors (Lipinski definition) is 3. The van der Waals surface area contributed by atoms with E-state index in [2.05, 4.69) is 27.2 Å². The van der Waals surface area contributed by atoms with Crippen LogP contribution in [0.2, 0.25) is 10.0 Å². The third kappa shape index (κ3) is 4.73. The van der Waals surface area contributed by atoms with Crippen LogP contribution in [0.4, 0.5) is 17.3 Å². The number of aromatic nitrogens is 2. The second kappa shape index (κ2) is 10.3. The van der Waals surface area contributed by atoms with Gasteiger partial charge >= 0.3 is 0 Å². The molecule has 0 saturated carbocycles. The number of aryl methyl sites for hydroxylation is 1. The molecule has 0 aliphatic carbocycles. The van der Waals surface area contributed by atoms with E-state index in [1.165, 1.54) is 20.3 Å². The Labute approximate surface area is 216 Å². The van der Waals surface area contributed by atoms with Gasteiger partial charge in [0.25, 0.3) is 5.56 Å². The molecule has 4 rings (SSSR count). The number of benzene rings is 3. The van der Waals surface area contributed by atoms with E-state index in [0.29, 0.717) is 54.9 Å². The molecule has 0 fully saturated rings. The van der Waals surface area contributed by atoms with E-state index in [1.54, 1.807) is 36.4 Å². The number of amides is 1. The summed E-state index contributed by atoms with van der Waals surface area (Å²) in [7, 11) is 2.98. The van der Waals surface area contributed by atoms with Crippen LogP contribution < -0.4 is 25.7 Å². The average Bonchev–Trinajstić information content (AvgIpc) is 2.86. The smallest absolute Gasteiger partial charge is 0.260 e. The van der Waals surface area contributed by atoms with Gasteiger partial charge < -0.3 is 20.1 Å². The molecule has 0 bridgehead atoms. The Morgan fingerprint density at radius 3 is 2.42 bits per heavy atom. The summed E-state index contributed by atoms with van der Waals surface area (Å²) in [5.74, 6) is 0.625. The highest BCUT2D eigenvalue weighted by molar-refractivity contribution is 6.41. The van der Waals surface area contributed by atoms with Gasteiger partial charge in [-0.2, -0.15) is 0 Å². The predicted octanol–water partition coefficient (Wildman–Crippen LogP) is 6.09. The summed E-state index contributed by atoms with van der Waals surface area (Å²) in [6.07, 6.45) is 1.18. The van der Waals surface area contributed by atoms with Crippen LogP contribution in [0.5, 0.6) is 11.5 Å². The SMILES string of the molecule is C=CC(=O)Nc1cccc(C)c1Nc1nc2ccc(-c3c(Cl)c(OC)cc(OC)c3Cl)cc2c(=O)[nH]1. The summed E-state index contributed by atoms with van der Waals surface area (Å²) in [6, 6.07) is 12.1. The molecule has 0 unspecified atom stereocenters. The first kappa shape index (κ1) is 25.1. The second-order valence-corrected chi connectivity index (χ2v) is 8.50. The first-order chi connectivity index (χ1) is 17.3. The van der Waals surface area contributed by atoms with Gasteiger partial charge in [-0.25, -0.2) is 4.98 Å². The molecule has 1 aromatic heterocycles. The van der Waals surface area contributed by atoms with Crippen LogP contribution >= 0.6 is 23.2 Å². The summed E-state index contributed by atoms with van der Waals surface area (Å²) >= 11 is 13.1. The molecule has 0 aliphatic rings. The minimum atomic E-state index is -0.378. The lowest BCUT2D eigenvalue weighted by atomic mass is 10.0. The molecule has 0 saturated heterocycles. The highest BCUT2D eigenvalue weighted by Gasteiger charge is 2.20. The van der Waals surface area contributed by atoms with E-state index in [1.807, 2.05) is 13.0 Å². The lowest BCUT2D eigenvalue weighted by Crippen LogP contribution is -2.14. The van der Waals surface area contributed by atoms with Crippen molar-refractivity contribution in [1.82, 2.24) is 9.97 Å². The second-order valence-electron chi connectivity index (χ2n) is 7.75. The largest absolute Gasteiger partial charge is 0.495 e. The number of nitrogens with zero attached hydrogens (tertiary/aromatic N) is 1. The van der Waals surface area contributed by atoms with Gasteiger partial charge in [0.2, 0.25) is 11.9 Å². The fourth-order valence-electron chi connectivity index (χ4n) is 3.73. The number of carbonyl (C=O) groups excluding carboxylic acids is 1. The summed E-state index contributed by atoms with van der Waals surface area (Å²) in [4.78, 5) is 32.2. The van der Waals surface area contributed by atoms with Gasteiger partial charge in [-0.3, -0.25) is 14.6 Å². The van der Waals surface area contributed by atoms with Gasteiger partial charge in [0.15, 0.2) is 0 Å². The van der Waals surface area contributed by atoms with E-state index in [9.17, 15) is 9.59 Å². The third-order valence-corrected chi connectivity index (χ3v) is 6.28. The standard InChI is InChI=1S/C26H22Cl2N4O4/c1-5-20(33)29-17-8-6-7-13(2)24(17)31-26-30-16-10-9-14(11-15(16)25(34)32-26)21-22(27)18(35-3)12-19(36-4)23(21)28/h5-12H,1H2,2-4H3,(H,29,33)(H2,30,31,32,34). The molecule has 184 valence electrons. The molecule has 3 N–H and O–H groups in total. The van der Waals surface area contributed by atoms with Gasteiger partial charge in [-0.15, -0.1) is 0 Å². The van der Waals surface area contributed by atoms with Crippen LogP contribution in [0, 0.1) is 6.92 Å². The molecule has 8 nitrogen and oxygen atoms in total. The number of methoxy groups -OCH3 is 2. The van der Waals surface area contributed by atoms with Crippen LogP contribution in [0.1, 0.15) is 5.56 Å². The highest BCUT2D eigenvalue weighted by atomic mass is 35.5. The maximum Gasteiger partial charge on any atom is 0.260 e. The van der Waals surface area contributed by atoms with Crippen LogP contribution in [0.15, 0.2) is 59.9 Å². The zero-order chi connectivity index (χ0) is 26.0. The van der Waals surface area contributed by atoms with Gasteiger partial charge in [-0.05, 0) is 42.3 Å². The molecule has 3 aromatic carbocycles. The summed E-state index contributed by atoms with van der Waals surface area (Å²) in [5, 5.41) is 6.76. The van der Waals surface area contributed by atoms with Crippen molar-refractivity contribution in [1.29, 1.82) is 0 Å². The number of fused-ring (bicyclic) bond motifs is 1. The molecule has 1 heterocycles. The third-order valence-electron chi connectivity index (χ3n) is 5.53. The van der Waals surface area contributed by atoms with E-state index < -0.39 is 0 Å². The Morgan fingerprint density at radius 2 is 1.78 bits per heavy atom. The molecule has 36 heavy (non-hydrogen) atoms. The number of halogens is 2.